The maximum absolute atomic E-state index is 11.4. The topological polar surface area (TPSA) is 71.1 Å². The first-order chi connectivity index (χ1) is 9.74. The standard InChI is InChI=1S/C14H12N2O4/c17-15(19-13-7-3-1-4-8-13)11-12-16(18)20-14-9-5-2-6-10-14/h1-12H/q-2/b12-11+. The third-order valence-corrected chi connectivity index (χ3v) is 2.19. The minimum atomic E-state index is 0.161. The first kappa shape index (κ1) is 13.7. The number of rotatable bonds is 6. The van der Waals surface area contributed by atoms with E-state index in [1.165, 1.54) is 0 Å². The first-order valence-electron chi connectivity index (χ1n) is 5.81. The maximum Gasteiger partial charge on any atom is 0.154 e. The number of hydrogen-bond acceptors (Lipinski definition) is 6. The maximum atomic E-state index is 11.4. The van der Waals surface area contributed by atoms with Crippen molar-refractivity contribution in [2.24, 2.45) is 0 Å². The van der Waals surface area contributed by atoms with Crippen LogP contribution in [0.15, 0.2) is 73.1 Å². The number of hydrogen-bond donors (Lipinski definition) is 0. The average Bonchev–Trinajstić information content (AvgIpc) is 2.47. The van der Waals surface area contributed by atoms with Gasteiger partial charge in [0.1, 0.15) is 0 Å². The van der Waals surface area contributed by atoms with E-state index in [-0.39, 0.29) is 10.5 Å². The second-order valence-electron chi connectivity index (χ2n) is 3.68. The Labute approximate surface area is 116 Å². The van der Waals surface area contributed by atoms with Gasteiger partial charge in [-0.3, -0.25) is 10.5 Å². The van der Waals surface area contributed by atoms with Crippen molar-refractivity contribution in [1.29, 1.82) is 0 Å². The second kappa shape index (κ2) is 7.03. The van der Waals surface area contributed by atoms with Crippen LogP contribution in [0, 0.1) is 10.4 Å². The summed E-state index contributed by atoms with van der Waals surface area (Å²) in [7, 11) is 0. The van der Waals surface area contributed by atoms with Crippen LogP contribution < -0.4 is 9.68 Å². The smallest absolute Gasteiger partial charge is 0.154 e. The first-order valence-corrected chi connectivity index (χ1v) is 5.81. The summed E-state index contributed by atoms with van der Waals surface area (Å²) in [6.07, 6.45) is 1.81. The molecule has 20 heavy (non-hydrogen) atoms. The lowest BCUT2D eigenvalue weighted by Crippen LogP contribution is -2.18. The molecule has 2 rings (SSSR count). The molecule has 0 heterocycles. The predicted molar refractivity (Wildman–Crippen MR) is 73.7 cm³/mol. The molecule has 0 unspecified atom stereocenters. The van der Waals surface area contributed by atoms with Crippen LogP contribution in [0.5, 0.6) is 11.5 Å². The molecular formula is C14H12N2O4-2. The Balaban J connectivity index is 1.82. The molecule has 6 heteroatoms. The van der Waals surface area contributed by atoms with Gasteiger partial charge in [-0.05, 0) is 24.3 Å². The quantitative estimate of drug-likeness (QED) is 0.753. The van der Waals surface area contributed by atoms with Crippen molar-refractivity contribution in [1.82, 2.24) is 10.5 Å². The molecule has 0 fully saturated rings. The molecule has 0 amide bonds. The van der Waals surface area contributed by atoms with Crippen LogP contribution in [0.1, 0.15) is 0 Å². The number of nitrogens with zero attached hydrogens (tertiary/aromatic N) is 2. The number of para-hydroxylation sites is 2. The Morgan fingerprint density at radius 2 is 1.00 bits per heavy atom. The van der Waals surface area contributed by atoms with Crippen molar-refractivity contribution in [2.75, 3.05) is 0 Å². The minimum Gasteiger partial charge on any atom is -0.724 e. The molecule has 0 aliphatic rings. The Bertz CT molecular complexity index is 484. The van der Waals surface area contributed by atoms with Gasteiger partial charge < -0.3 is 20.1 Å². The lowest BCUT2D eigenvalue weighted by atomic mass is 10.3. The van der Waals surface area contributed by atoms with E-state index in [1.54, 1.807) is 60.7 Å². The number of benzene rings is 2. The monoisotopic (exact) mass is 272 g/mol. The normalized spacial score (nSPS) is 10.3. The minimum absolute atomic E-state index is 0.161. The summed E-state index contributed by atoms with van der Waals surface area (Å²) in [6.45, 7) is 0. The highest BCUT2D eigenvalue weighted by Gasteiger charge is 1.92. The molecule has 0 saturated carbocycles. The van der Waals surface area contributed by atoms with Gasteiger partial charge in [-0.25, -0.2) is 0 Å². The summed E-state index contributed by atoms with van der Waals surface area (Å²) >= 11 is 0. The van der Waals surface area contributed by atoms with Gasteiger partial charge >= 0.3 is 0 Å². The molecular weight excluding hydrogens is 260 g/mol. The third kappa shape index (κ3) is 4.52. The van der Waals surface area contributed by atoms with Crippen LogP contribution in [0.2, 0.25) is 0 Å². The van der Waals surface area contributed by atoms with E-state index in [4.69, 9.17) is 9.68 Å². The van der Waals surface area contributed by atoms with Crippen molar-refractivity contribution in [3.63, 3.8) is 0 Å². The van der Waals surface area contributed by atoms with Gasteiger partial charge in [-0.1, -0.05) is 36.4 Å². The van der Waals surface area contributed by atoms with E-state index >= 15 is 0 Å². The Morgan fingerprint density at radius 3 is 1.35 bits per heavy atom. The molecule has 104 valence electrons. The van der Waals surface area contributed by atoms with Gasteiger partial charge in [0.05, 0.1) is 0 Å². The Kier molecular flexibility index (Phi) is 4.82. The summed E-state index contributed by atoms with van der Waals surface area (Å²) in [5.41, 5.74) is 0. The lowest BCUT2D eigenvalue weighted by Gasteiger charge is -2.29. The van der Waals surface area contributed by atoms with Gasteiger partial charge in [0.15, 0.2) is 11.5 Å². The van der Waals surface area contributed by atoms with Crippen molar-refractivity contribution >= 4 is 0 Å². The van der Waals surface area contributed by atoms with Crippen molar-refractivity contribution in [3.05, 3.63) is 83.5 Å². The molecule has 0 atom stereocenters. The van der Waals surface area contributed by atoms with E-state index in [2.05, 4.69) is 0 Å². The van der Waals surface area contributed by atoms with Crippen molar-refractivity contribution in [2.45, 2.75) is 0 Å². The summed E-state index contributed by atoms with van der Waals surface area (Å²) in [6, 6.07) is 17.0. The molecule has 0 radical (unpaired) electrons. The fraction of sp³-hybridized carbons (Fsp3) is 0. The van der Waals surface area contributed by atoms with Crippen LogP contribution >= 0.6 is 0 Å². The molecule has 0 N–H and O–H groups in total. The van der Waals surface area contributed by atoms with Gasteiger partial charge in [-0.2, -0.15) is 0 Å². The largest absolute Gasteiger partial charge is 0.724 e. The van der Waals surface area contributed by atoms with Crippen molar-refractivity contribution in [3.8, 4) is 11.5 Å². The summed E-state index contributed by atoms with van der Waals surface area (Å²) in [5, 5.41) is 23.0. The molecule has 0 bridgehead atoms. The molecule has 0 spiro atoms. The fourth-order valence-electron chi connectivity index (χ4n) is 1.34. The SMILES string of the molecule is [O-]N(/C=C/N([O-])Oc1ccccc1)Oc1ccccc1. The summed E-state index contributed by atoms with van der Waals surface area (Å²) in [4.78, 5) is 9.77. The summed E-state index contributed by atoms with van der Waals surface area (Å²) < 4.78 is 0. The molecule has 0 aliphatic heterocycles. The van der Waals surface area contributed by atoms with E-state index in [0.717, 1.165) is 12.4 Å². The van der Waals surface area contributed by atoms with Gasteiger partial charge in [-0.15, -0.1) is 0 Å². The average molecular weight is 272 g/mol. The van der Waals surface area contributed by atoms with Crippen LogP contribution in [-0.4, -0.2) is 10.5 Å². The highest BCUT2D eigenvalue weighted by molar-refractivity contribution is 5.21. The zero-order valence-electron chi connectivity index (χ0n) is 10.5. The Morgan fingerprint density at radius 1 is 0.650 bits per heavy atom. The zero-order valence-corrected chi connectivity index (χ0v) is 10.5. The summed E-state index contributed by atoms with van der Waals surface area (Å²) in [5.74, 6) is 0.738. The van der Waals surface area contributed by atoms with E-state index in [1.807, 2.05) is 0 Å². The molecule has 2 aromatic carbocycles. The van der Waals surface area contributed by atoms with Crippen LogP contribution in [-0.2, 0) is 0 Å². The predicted octanol–water partition coefficient (Wildman–Crippen LogP) is 3.05. The highest BCUT2D eigenvalue weighted by Crippen LogP contribution is 2.11. The van der Waals surface area contributed by atoms with Crippen LogP contribution in [0.25, 0.3) is 0 Å². The van der Waals surface area contributed by atoms with Gasteiger partial charge in [0.2, 0.25) is 0 Å². The van der Waals surface area contributed by atoms with Gasteiger partial charge in [0, 0.05) is 12.4 Å². The molecule has 0 aromatic heterocycles. The third-order valence-electron chi connectivity index (χ3n) is 2.19. The fourth-order valence-corrected chi connectivity index (χ4v) is 1.34. The lowest BCUT2D eigenvalue weighted by molar-refractivity contribution is 0.0242. The van der Waals surface area contributed by atoms with Crippen LogP contribution in [0.4, 0.5) is 0 Å². The molecule has 0 aliphatic carbocycles. The number of hydroxylamine groups is 4. The van der Waals surface area contributed by atoms with Crippen molar-refractivity contribution < 1.29 is 9.68 Å². The van der Waals surface area contributed by atoms with Crippen LogP contribution in [0.3, 0.4) is 0 Å². The van der Waals surface area contributed by atoms with E-state index in [0.29, 0.717) is 11.5 Å². The highest BCUT2D eigenvalue weighted by atomic mass is 16.9. The second-order valence-corrected chi connectivity index (χ2v) is 3.68. The van der Waals surface area contributed by atoms with E-state index in [9.17, 15) is 10.4 Å². The molecule has 0 saturated heterocycles. The van der Waals surface area contributed by atoms with E-state index < -0.39 is 0 Å². The van der Waals surface area contributed by atoms with Gasteiger partial charge in [0.25, 0.3) is 0 Å². The Hall–Kier alpha value is -2.70. The zero-order chi connectivity index (χ0) is 14.2. The molecule has 2 aromatic rings. The molecule has 6 nitrogen and oxygen atoms in total.